The first kappa shape index (κ1) is 10.4. The second-order valence-corrected chi connectivity index (χ2v) is 5.94. The molecule has 1 aromatic rings. The minimum atomic E-state index is -2.86. The molecule has 0 spiro atoms. The summed E-state index contributed by atoms with van der Waals surface area (Å²) in [6, 6.07) is 3.53. The maximum absolute atomic E-state index is 11.4. The Balaban J connectivity index is 2.01. The highest BCUT2D eigenvalue weighted by atomic mass is 32.2. The number of aromatic nitrogens is 2. The molecule has 82 valence electrons. The minimum absolute atomic E-state index is 0.0274. The van der Waals surface area contributed by atoms with Gasteiger partial charge in [0.1, 0.15) is 5.82 Å². The predicted octanol–water partition coefficient (Wildman–Crippen LogP) is 0.466. The van der Waals surface area contributed by atoms with Crippen LogP contribution in [0.2, 0.25) is 0 Å². The lowest BCUT2D eigenvalue weighted by atomic mass is 10.2. The van der Waals surface area contributed by atoms with Gasteiger partial charge in [-0.1, -0.05) is 0 Å². The molecule has 1 N–H and O–H groups in total. The second kappa shape index (κ2) is 4.14. The van der Waals surface area contributed by atoms with Gasteiger partial charge < -0.3 is 5.32 Å². The standard InChI is InChI=1S/C9H13N3O2S/c13-15(14)6-2-3-8(7-15)11-9-4-1-5-10-12-9/h1,4-5,8H,2-3,6-7H2,(H,11,12). The molecular formula is C9H13N3O2S. The second-order valence-electron chi connectivity index (χ2n) is 3.71. The van der Waals surface area contributed by atoms with E-state index in [0.717, 1.165) is 12.8 Å². The number of nitrogens with one attached hydrogen (secondary N) is 1. The molecule has 0 bridgehead atoms. The zero-order valence-corrected chi connectivity index (χ0v) is 9.07. The third kappa shape index (κ3) is 2.89. The van der Waals surface area contributed by atoms with Gasteiger partial charge in [-0.15, -0.1) is 5.10 Å². The minimum Gasteiger partial charge on any atom is -0.365 e. The smallest absolute Gasteiger partial charge is 0.152 e. The maximum atomic E-state index is 11.4. The van der Waals surface area contributed by atoms with Crippen LogP contribution in [0.1, 0.15) is 12.8 Å². The van der Waals surface area contributed by atoms with E-state index in [1.165, 1.54) is 0 Å². The topological polar surface area (TPSA) is 72.0 Å². The van der Waals surface area contributed by atoms with Crippen molar-refractivity contribution in [1.82, 2.24) is 10.2 Å². The monoisotopic (exact) mass is 227 g/mol. The molecular weight excluding hydrogens is 214 g/mol. The number of hydrogen-bond acceptors (Lipinski definition) is 5. The fraction of sp³-hybridized carbons (Fsp3) is 0.556. The van der Waals surface area contributed by atoms with Crippen molar-refractivity contribution in [2.45, 2.75) is 18.9 Å². The van der Waals surface area contributed by atoms with Gasteiger partial charge in [0.05, 0.1) is 11.5 Å². The molecule has 1 saturated heterocycles. The van der Waals surface area contributed by atoms with Crippen LogP contribution in [-0.2, 0) is 9.84 Å². The van der Waals surface area contributed by atoms with Crippen LogP contribution < -0.4 is 5.32 Å². The molecule has 1 atom stereocenters. The first-order valence-corrected chi connectivity index (χ1v) is 6.72. The average Bonchev–Trinajstić information content (AvgIpc) is 2.17. The predicted molar refractivity (Wildman–Crippen MR) is 57.3 cm³/mol. The third-order valence-electron chi connectivity index (χ3n) is 2.39. The molecule has 0 radical (unpaired) electrons. The molecule has 0 aromatic carbocycles. The van der Waals surface area contributed by atoms with E-state index >= 15 is 0 Å². The van der Waals surface area contributed by atoms with Crippen LogP contribution in [-0.4, -0.2) is 36.2 Å². The number of anilines is 1. The molecule has 15 heavy (non-hydrogen) atoms. The molecule has 0 amide bonds. The van der Waals surface area contributed by atoms with Crippen LogP contribution in [0, 0.1) is 0 Å². The van der Waals surface area contributed by atoms with Crippen LogP contribution in [0.4, 0.5) is 5.82 Å². The SMILES string of the molecule is O=S1(=O)CCCC(Nc2cccnn2)C1. The van der Waals surface area contributed by atoms with Crippen molar-refractivity contribution in [3.63, 3.8) is 0 Å². The quantitative estimate of drug-likeness (QED) is 0.795. The molecule has 0 saturated carbocycles. The van der Waals surface area contributed by atoms with Gasteiger partial charge in [0, 0.05) is 12.2 Å². The van der Waals surface area contributed by atoms with Gasteiger partial charge in [-0.05, 0) is 25.0 Å². The van der Waals surface area contributed by atoms with Crippen molar-refractivity contribution in [1.29, 1.82) is 0 Å². The molecule has 1 unspecified atom stereocenters. The summed E-state index contributed by atoms with van der Waals surface area (Å²) in [5.74, 6) is 1.15. The fourth-order valence-corrected chi connectivity index (χ4v) is 3.36. The van der Waals surface area contributed by atoms with E-state index in [9.17, 15) is 8.42 Å². The van der Waals surface area contributed by atoms with Gasteiger partial charge >= 0.3 is 0 Å². The Kier molecular flexibility index (Phi) is 2.86. The van der Waals surface area contributed by atoms with Crippen molar-refractivity contribution in [3.05, 3.63) is 18.3 Å². The van der Waals surface area contributed by atoms with E-state index < -0.39 is 9.84 Å². The lowest BCUT2D eigenvalue weighted by molar-refractivity contribution is 0.561. The van der Waals surface area contributed by atoms with Crippen LogP contribution in [0.15, 0.2) is 18.3 Å². The van der Waals surface area contributed by atoms with Crippen LogP contribution in [0.5, 0.6) is 0 Å². The van der Waals surface area contributed by atoms with Gasteiger partial charge in [-0.25, -0.2) is 8.42 Å². The first-order valence-electron chi connectivity index (χ1n) is 4.90. The number of nitrogens with zero attached hydrogens (tertiary/aromatic N) is 2. The van der Waals surface area contributed by atoms with Gasteiger partial charge in [-0.3, -0.25) is 0 Å². The zero-order valence-electron chi connectivity index (χ0n) is 8.26. The Hall–Kier alpha value is -1.17. The molecule has 1 aliphatic heterocycles. The summed E-state index contributed by atoms with van der Waals surface area (Å²) < 4.78 is 22.8. The summed E-state index contributed by atoms with van der Waals surface area (Å²) >= 11 is 0. The summed E-state index contributed by atoms with van der Waals surface area (Å²) in [6.45, 7) is 0. The zero-order chi connectivity index (χ0) is 10.7. The summed E-state index contributed by atoms with van der Waals surface area (Å²) in [5, 5.41) is 10.7. The van der Waals surface area contributed by atoms with E-state index in [-0.39, 0.29) is 11.8 Å². The lowest BCUT2D eigenvalue weighted by Gasteiger charge is -2.22. The Bertz CT molecular complexity index is 418. The summed E-state index contributed by atoms with van der Waals surface area (Å²) in [4.78, 5) is 0. The number of hydrogen-bond donors (Lipinski definition) is 1. The van der Waals surface area contributed by atoms with E-state index in [2.05, 4.69) is 15.5 Å². The van der Waals surface area contributed by atoms with Crippen LogP contribution in [0.25, 0.3) is 0 Å². The Labute approximate surface area is 88.8 Å². The van der Waals surface area contributed by atoms with Gasteiger partial charge in [-0.2, -0.15) is 5.10 Å². The van der Waals surface area contributed by atoms with E-state index in [0.29, 0.717) is 11.6 Å². The van der Waals surface area contributed by atoms with Crippen molar-refractivity contribution < 1.29 is 8.42 Å². The molecule has 1 aromatic heterocycles. The van der Waals surface area contributed by atoms with Crippen molar-refractivity contribution >= 4 is 15.7 Å². The fourth-order valence-electron chi connectivity index (χ4n) is 1.72. The molecule has 6 heteroatoms. The summed E-state index contributed by atoms with van der Waals surface area (Å²) in [6.07, 6.45) is 3.18. The molecule has 2 heterocycles. The van der Waals surface area contributed by atoms with Gasteiger partial charge in [0.15, 0.2) is 9.84 Å². The number of rotatable bonds is 2. The molecule has 1 fully saturated rings. The van der Waals surface area contributed by atoms with Crippen molar-refractivity contribution in [2.75, 3.05) is 16.8 Å². The summed E-state index contributed by atoms with van der Waals surface area (Å²) in [7, 11) is -2.86. The molecule has 2 rings (SSSR count). The van der Waals surface area contributed by atoms with Gasteiger partial charge in [0.2, 0.25) is 0 Å². The van der Waals surface area contributed by atoms with E-state index in [4.69, 9.17) is 0 Å². The maximum Gasteiger partial charge on any atom is 0.152 e. The normalized spacial score (nSPS) is 24.7. The molecule has 0 aliphatic carbocycles. The third-order valence-corrected chi connectivity index (χ3v) is 4.21. The molecule has 1 aliphatic rings. The van der Waals surface area contributed by atoms with Crippen molar-refractivity contribution in [3.8, 4) is 0 Å². The van der Waals surface area contributed by atoms with E-state index in [1.807, 2.05) is 0 Å². The molecule has 5 nitrogen and oxygen atoms in total. The number of sulfone groups is 1. The van der Waals surface area contributed by atoms with Gasteiger partial charge in [0.25, 0.3) is 0 Å². The largest absolute Gasteiger partial charge is 0.365 e. The highest BCUT2D eigenvalue weighted by Crippen LogP contribution is 2.15. The Morgan fingerprint density at radius 1 is 1.47 bits per heavy atom. The Morgan fingerprint density at radius 3 is 3.00 bits per heavy atom. The highest BCUT2D eigenvalue weighted by Gasteiger charge is 2.24. The summed E-state index contributed by atoms with van der Waals surface area (Å²) in [5.41, 5.74) is 0. The highest BCUT2D eigenvalue weighted by molar-refractivity contribution is 7.91. The first-order chi connectivity index (χ1) is 7.16. The average molecular weight is 227 g/mol. The lowest BCUT2D eigenvalue weighted by Crippen LogP contribution is -2.35. The van der Waals surface area contributed by atoms with Crippen LogP contribution >= 0.6 is 0 Å². The Morgan fingerprint density at radius 2 is 2.33 bits per heavy atom. The van der Waals surface area contributed by atoms with E-state index in [1.54, 1.807) is 18.3 Å². The van der Waals surface area contributed by atoms with Crippen molar-refractivity contribution in [2.24, 2.45) is 0 Å². The van der Waals surface area contributed by atoms with Crippen LogP contribution in [0.3, 0.4) is 0 Å².